The highest BCUT2D eigenvalue weighted by Crippen LogP contribution is 2.66. The molecule has 0 aromatic rings. The molecule has 5 rings (SSSR count). The Bertz CT molecular complexity index is 886. The van der Waals surface area contributed by atoms with Crippen LogP contribution in [0.5, 0.6) is 0 Å². The molecule has 5 aliphatic rings. The van der Waals surface area contributed by atoms with E-state index in [1.165, 1.54) is 31.3 Å². The van der Waals surface area contributed by atoms with Crippen LogP contribution in [0.25, 0.3) is 0 Å². The number of allylic oxidation sites excluding steroid dienone is 1. The molecule has 0 aromatic heterocycles. The van der Waals surface area contributed by atoms with E-state index in [2.05, 4.69) is 44.2 Å². The van der Waals surface area contributed by atoms with E-state index in [0.29, 0.717) is 24.4 Å². The largest absolute Gasteiger partial charge is 0.435 e. The summed E-state index contributed by atoms with van der Waals surface area (Å²) in [5.74, 6) is 3.27. The van der Waals surface area contributed by atoms with Crippen LogP contribution in [0.2, 0.25) is 0 Å². The minimum atomic E-state index is -0.354. The van der Waals surface area contributed by atoms with Gasteiger partial charge in [0.1, 0.15) is 0 Å². The lowest BCUT2D eigenvalue weighted by Gasteiger charge is -2.58. The molecule has 6 heteroatoms. The molecule has 2 unspecified atom stereocenters. The summed E-state index contributed by atoms with van der Waals surface area (Å²) in [7, 11) is 1.81. The van der Waals surface area contributed by atoms with Crippen molar-refractivity contribution in [3.8, 4) is 0 Å². The second-order valence-electron chi connectivity index (χ2n) is 13.2. The zero-order valence-corrected chi connectivity index (χ0v) is 22.6. The van der Waals surface area contributed by atoms with E-state index in [4.69, 9.17) is 4.84 Å². The van der Waals surface area contributed by atoms with Gasteiger partial charge in [0.25, 0.3) is 0 Å². The molecule has 2 N–H and O–H groups in total. The highest BCUT2D eigenvalue weighted by molar-refractivity contribution is 5.85. The first-order valence-electron chi connectivity index (χ1n) is 14.2. The van der Waals surface area contributed by atoms with E-state index in [-0.39, 0.29) is 23.0 Å². The van der Waals surface area contributed by atoms with Crippen LogP contribution in [-0.2, 0) is 4.84 Å². The fourth-order valence-electron chi connectivity index (χ4n) is 9.20. The van der Waals surface area contributed by atoms with Crippen molar-refractivity contribution in [1.82, 2.24) is 10.2 Å². The van der Waals surface area contributed by atoms with Crippen molar-refractivity contribution in [3.05, 3.63) is 11.6 Å². The van der Waals surface area contributed by atoms with Gasteiger partial charge in [0.2, 0.25) is 0 Å². The average Bonchev–Trinajstić information content (AvgIpc) is 3.39. The quantitative estimate of drug-likeness (QED) is 0.243. The number of likely N-dealkylation sites (N-methyl/N-ethyl adjacent to an activating group) is 1. The van der Waals surface area contributed by atoms with E-state index in [0.717, 1.165) is 62.1 Å². The van der Waals surface area contributed by atoms with Gasteiger partial charge < -0.3 is 15.3 Å². The third kappa shape index (κ3) is 4.47. The number of carbonyl (C=O) groups excluding carboxylic acids is 1. The second-order valence-corrected chi connectivity index (χ2v) is 13.2. The first-order valence-corrected chi connectivity index (χ1v) is 14.2. The van der Waals surface area contributed by atoms with Gasteiger partial charge in [0, 0.05) is 25.6 Å². The van der Waals surface area contributed by atoms with E-state index >= 15 is 0 Å². The van der Waals surface area contributed by atoms with Crippen molar-refractivity contribution in [2.75, 3.05) is 20.1 Å². The molecule has 1 amide bonds. The Kier molecular flexibility index (Phi) is 6.84. The lowest BCUT2D eigenvalue weighted by atomic mass is 9.46. The summed E-state index contributed by atoms with van der Waals surface area (Å²) < 4.78 is 0. The number of oxime groups is 1. The Labute approximate surface area is 211 Å². The van der Waals surface area contributed by atoms with E-state index in [1.807, 2.05) is 7.05 Å². The standard InChI is InChI=1S/C29H47N3O3/c1-18-14-21(30-16-18)17-32(5)27(34)35-31-19(2)24-8-9-25-23-7-6-20-15-22(33)10-12-28(20,3)26(23)11-13-29(24,25)4/h15,18,21-26,30,33H,6-14,16-17H2,1-5H3/b31-19+/t18?,21?,22-,23+,24-,25+,26+,28+,29-/m1/s1. The van der Waals surface area contributed by atoms with Gasteiger partial charge in [0.05, 0.1) is 11.8 Å². The summed E-state index contributed by atoms with van der Waals surface area (Å²) in [6, 6.07) is 0.345. The highest BCUT2D eigenvalue weighted by Gasteiger charge is 2.59. The maximum absolute atomic E-state index is 12.6. The van der Waals surface area contributed by atoms with Gasteiger partial charge in [-0.25, -0.2) is 4.79 Å². The number of fused-ring (bicyclic) bond motifs is 5. The van der Waals surface area contributed by atoms with Crippen molar-refractivity contribution in [2.24, 2.45) is 45.6 Å². The molecule has 1 saturated heterocycles. The van der Waals surface area contributed by atoms with Gasteiger partial charge >= 0.3 is 6.09 Å². The number of hydrogen-bond donors (Lipinski definition) is 2. The molecular formula is C29H47N3O3. The minimum Gasteiger partial charge on any atom is -0.389 e. The fraction of sp³-hybridized carbons (Fsp3) is 0.862. The van der Waals surface area contributed by atoms with Crippen LogP contribution in [0.3, 0.4) is 0 Å². The number of nitrogens with zero attached hydrogens (tertiary/aromatic N) is 2. The number of amides is 1. The summed E-state index contributed by atoms with van der Waals surface area (Å²) in [4.78, 5) is 19.7. The first-order chi connectivity index (χ1) is 16.6. The fourth-order valence-corrected chi connectivity index (χ4v) is 9.20. The number of rotatable bonds is 4. The highest BCUT2D eigenvalue weighted by atomic mass is 16.7. The summed E-state index contributed by atoms with van der Waals surface area (Å²) in [5, 5.41) is 18.1. The zero-order valence-electron chi connectivity index (χ0n) is 22.6. The molecule has 35 heavy (non-hydrogen) atoms. The van der Waals surface area contributed by atoms with Gasteiger partial charge in [0.15, 0.2) is 0 Å². The van der Waals surface area contributed by atoms with Crippen LogP contribution in [0.15, 0.2) is 16.8 Å². The molecular weight excluding hydrogens is 438 g/mol. The molecule has 0 radical (unpaired) electrons. The molecule has 196 valence electrons. The van der Waals surface area contributed by atoms with E-state index < -0.39 is 0 Å². The molecule has 1 heterocycles. The smallest absolute Gasteiger partial charge is 0.389 e. The van der Waals surface area contributed by atoms with Gasteiger partial charge in [-0.1, -0.05) is 37.6 Å². The van der Waals surface area contributed by atoms with Crippen molar-refractivity contribution in [3.63, 3.8) is 0 Å². The number of carbonyl (C=O) groups is 1. The molecule has 4 fully saturated rings. The Balaban J connectivity index is 1.23. The predicted octanol–water partition coefficient (Wildman–Crippen LogP) is 5.37. The summed E-state index contributed by atoms with van der Waals surface area (Å²) >= 11 is 0. The first kappa shape index (κ1) is 25.3. The maximum atomic E-state index is 12.6. The molecule has 0 spiro atoms. The second kappa shape index (κ2) is 9.48. The summed E-state index contributed by atoms with van der Waals surface area (Å²) in [6.45, 7) is 11.0. The van der Waals surface area contributed by atoms with Gasteiger partial charge in [-0.3, -0.25) is 4.84 Å². The van der Waals surface area contributed by atoms with Gasteiger partial charge in [-0.2, -0.15) is 0 Å². The molecule has 9 atom stereocenters. The zero-order chi connectivity index (χ0) is 25.0. The van der Waals surface area contributed by atoms with Crippen molar-refractivity contribution < 1.29 is 14.7 Å². The van der Waals surface area contributed by atoms with E-state index in [1.54, 1.807) is 4.90 Å². The molecule has 0 aromatic carbocycles. The van der Waals surface area contributed by atoms with E-state index in [9.17, 15) is 9.90 Å². The van der Waals surface area contributed by atoms with Crippen LogP contribution in [0, 0.1) is 40.4 Å². The van der Waals surface area contributed by atoms with Crippen LogP contribution >= 0.6 is 0 Å². The molecule has 1 aliphatic heterocycles. The normalized spacial score (nSPS) is 45.3. The predicted molar refractivity (Wildman–Crippen MR) is 139 cm³/mol. The lowest BCUT2D eigenvalue weighted by molar-refractivity contribution is -0.0479. The van der Waals surface area contributed by atoms with Crippen molar-refractivity contribution >= 4 is 11.8 Å². The summed E-state index contributed by atoms with van der Waals surface area (Å²) in [6.07, 6.45) is 12.0. The molecule has 6 nitrogen and oxygen atoms in total. The maximum Gasteiger partial charge on any atom is 0.435 e. The third-order valence-corrected chi connectivity index (χ3v) is 11.1. The van der Waals surface area contributed by atoms with Crippen molar-refractivity contribution in [2.45, 2.75) is 97.6 Å². The molecule has 0 bridgehead atoms. The average molecular weight is 486 g/mol. The van der Waals surface area contributed by atoms with Gasteiger partial charge in [-0.05, 0) is 106 Å². The topological polar surface area (TPSA) is 74.2 Å². The van der Waals surface area contributed by atoms with Gasteiger partial charge in [-0.15, -0.1) is 0 Å². The number of aliphatic hydroxyl groups is 1. The third-order valence-electron chi connectivity index (χ3n) is 11.1. The Hall–Kier alpha value is -1.40. The van der Waals surface area contributed by atoms with Crippen LogP contribution in [-0.4, -0.2) is 54.1 Å². The SMILES string of the molecule is C/C(=N\OC(=O)N(C)CC1CC(C)CN1)[C@H]1CC[C@H]2[C@@H]3CCC4=C[C@H](O)CC[C@]4(C)[C@H]3CC[C@]12C. The monoisotopic (exact) mass is 485 g/mol. The Morgan fingerprint density at radius 2 is 2.00 bits per heavy atom. The van der Waals surface area contributed by atoms with Crippen LogP contribution in [0.4, 0.5) is 4.79 Å². The van der Waals surface area contributed by atoms with Crippen molar-refractivity contribution in [1.29, 1.82) is 0 Å². The number of nitrogens with one attached hydrogen (secondary N) is 1. The molecule has 4 aliphatic carbocycles. The number of aliphatic hydroxyl groups excluding tert-OH is 1. The molecule has 3 saturated carbocycles. The number of hydrogen-bond acceptors (Lipinski definition) is 5. The Morgan fingerprint density at radius 1 is 1.20 bits per heavy atom. The Morgan fingerprint density at radius 3 is 2.74 bits per heavy atom. The lowest BCUT2D eigenvalue weighted by Crippen LogP contribution is -2.51. The van der Waals surface area contributed by atoms with Crippen LogP contribution in [0.1, 0.15) is 85.5 Å². The minimum absolute atomic E-state index is 0.238. The van der Waals surface area contributed by atoms with Crippen LogP contribution < -0.4 is 5.32 Å². The summed E-state index contributed by atoms with van der Waals surface area (Å²) in [5.41, 5.74) is 3.04.